The summed E-state index contributed by atoms with van der Waals surface area (Å²) in [4.78, 5) is 35.6. The van der Waals surface area contributed by atoms with E-state index in [1.54, 1.807) is 0 Å². The second-order valence-corrected chi connectivity index (χ2v) is 16.2. The molecule has 1 rings (SSSR count). The fourth-order valence-corrected chi connectivity index (χ4v) is 7.07. The maximum atomic E-state index is 12.8. The molecule has 334 valence electrons. The second-order valence-electron chi connectivity index (χ2n) is 14.8. The number of aliphatic hydroxyl groups is 5. The van der Waals surface area contributed by atoms with Gasteiger partial charge in [0.25, 0.3) is 0 Å². The summed E-state index contributed by atoms with van der Waals surface area (Å²) in [6, 6.07) is 0. The summed E-state index contributed by atoms with van der Waals surface area (Å²) >= 11 is 0. The van der Waals surface area contributed by atoms with E-state index in [2.05, 4.69) is 74.6 Å². The van der Waals surface area contributed by atoms with Crippen molar-refractivity contribution in [3.05, 3.63) is 60.8 Å². The lowest BCUT2D eigenvalue weighted by Crippen LogP contribution is -2.64. The van der Waals surface area contributed by atoms with Crippen molar-refractivity contribution in [2.24, 2.45) is 0 Å². The molecule has 0 bridgehead atoms. The summed E-state index contributed by atoms with van der Waals surface area (Å²) in [5, 5.41) is 50.0. The molecular weight excluding hydrogens is 767 g/mol. The summed E-state index contributed by atoms with van der Waals surface area (Å²) in [7, 11) is -5.13. The molecule has 58 heavy (non-hydrogen) atoms. The standard InChI is InChI=1S/C44H75O13P/c1-3-5-7-9-11-13-15-17-18-19-21-22-24-26-28-30-32-37(45)54-34-36(35-55-58(52,53)57-44-42(50)40(48)39(47)41(49)43(44)51)56-38(46)33-31-29-27-25-23-20-16-14-12-10-8-6-4-2/h6,8,12-15,18-20,23,36,39-44,47-51H,3-5,7,9-11,16-17,21-22,24-35H2,1-2H3,(H,52,53)/b8-6-,14-12-,15-13-,19-18-,23-20-. The third-order valence-electron chi connectivity index (χ3n) is 9.59. The lowest BCUT2D eigenvalue weighted by molar-refractivity contribution is -0.220. The lowest BCUT2D eigenvalue weighted by atomic mass is 9.85. The van der Waals surface area contributed by atoms with Crippen LogP contribution in [0.15, 0.2) is 60.8 Å². The van der Waals surface area contributed by atoms with E-state index in [0.717, 1.165) is 83.5 Å². The molecule has 0 aliphatic heterocycles. The highest BCUT2D eigenvalue weighted by molar-refractivity contribution is 7.47. The van der Waals surface area contributed by atoms with E-state index in [4.69, 9.17) is 18.5 Å². The SMILES string of the molecule is CC/C=C\C/C=C\C/C=C\CCCCCC(=O)OC(COC(=O)CCCCCCC/C=C\C/C=C\CCCCCC)COP(=O)(O)OC1C(O)C(O)C(O)C(O)C1O. The average Bonchev–Trinajstić information content (AvgIpc) is 3.20. The number of unbranched alkanes of at least 4 members (excludes halogenated alkanes) is 12. The van der Waals surface area contributed by atoms with Gasteiger partial charge in [0.1, 0.15) is 43.2 Å². The van der Waals surface area contributed by atoms with Crippen LogP contribution in [0.3, 0.4) is 0 Å². The monoisotopic (exact) mass is 842 g/mol. The van der Waals surface area contributed by atoms with Crippen LogP contribution in [0.25, 0.3) is 0 Å². The number of phosphoric acid groups is 1. The van der Waals surface area contributed by atoms with Crippen LogP contribution in [0.2, 0.25) is 0 Å². The Labute approximate surface area is 347 Å². The Morgan fingerprint density at radius 2 is 0.983 bits per heavy atom. The first-order chi connectivity index (χ1) is 27.9. The number of aliphatic hydroxyl groups excluding tert-OH is 5. The van der Waals surface area contributed by atoms with Crippen LogP contribution in [0, 0.1) is 0 Å². The minimum Gasteiger partial charge on any atom is -0.462 e. The molecule has 6 unspecified atom stereocenters. The summed E-state index contributed by atoms with van der Waals surface area (Å²) in [6.45, 7) is 3.10. The van der Waals surface area contributed by atoms with E-state index < -0.39 is 75.7 Å². The van der Waals surface area contributed by atoms with Gasteiger partial charge in [-0.25, -0.2) is 4.57 Å². The number of phosphoric ester groups is 1. The van der Waals surface area contributed by atoms with Gasteiger partial charge in [-0.2, -0.15) is 0 Å². The number of esters is 2. The highest BCUT2D eigenvalue weighted by atomic mass is 31.2. The van der Waals surface area contributed by atoms with Gasteiger partial charge in [0.05, 0.1) is 6.61 Å². The maximum Gasteiger partial charge on any atom is 0.472 e. The van der Waals surface area contributed by atoms with Crippen LogP contribution in [0.1, 0.15) is 149 Å². The first kappa shape index (κ1) is 53.6. The zero-order chi connectivity index (χ0) is 42.9. The zero-order valence-electron chi connectivity index (χ0n) is 35.1. The average molecular weight is 843 g/mol. The molecule has 14 heteroatoms. The number of hydrogen-bond acceptors (Lipinski definition) is 12. The van der Waals surface area contributed by atoms with Crippen molar-refractivity contribution in [2.45, 2.75) is 191 Å². The number of allylic oxidation sites excluding steroid dienone is 10. The van der Waals surface area contributed by atoms with Crippen molar-refractivity contribution in [2.75, 3.05) is 13.2 Å². The molecule has 6 N–H and O–H groups in total. The normalized spacial score (nSPS) is 23.1. The van der Waals surface area contributed by atoms with Gasteiger partial charge >= 0.3 is 19.8 Å². The Bertz CT molecular complexity index is 1250. The maximum absolute atomic E-state index is 12.8. The van der Waals surface area contributed by atoms with Gasteiger partial charge < -0.3 is 39.9 Å². The molecule has 0 amide bonds. The van der Waals surface area contributed by atoms with Gasteiger partial charge in [-0.05, 0) is 77.0 Å². The van der Waals surface area contributed by atoms with Crippen molar-refractivity contribution < 1.29 is 63.1 Å². The zero-order valence-corrected chi connectivity index (χ0v) is 36.0. The van der Waals surface area contributed by atoms with Gasteiger partial charge in [0, 0.05) is 12.8 Å². The fourth-order valence-electron chi connectivity index (χ4n) is 6.09. The van der Waals surface area contributed by atoms with Crippen LogP contribution in [-0.4, -0.2) is 98.3 Å². The Balaban J connectivity index is 2.52. The van der Waals surface area contributed by atoms with Gasteiger partial charge in [-0.1, -0.05) is 120 Å². The van der Waals surface area contributed by atoms with Crippen LogP contribution >= 0.6 is 7.82 Å². The third-order valence-corrected chi connectivity index (χ3v) is 10.6. The molecule has 0 aromatic heterocycles. The first-order valence-corrected chi connectivity index (χ1v) is 23.1. The van der Waals surface area contributed by atoms with Crippen molar-refractivity contribution in [1.29, 1.82) is 0 Å². The van der Waals surface area contributed by atoms with E-state index in [0.29, 0.717) is 12.8 Å². The molecule has 6 atom stereocenters. The number of ether oxygens (including phenoxy) is 2. The van der Waals surface area contributed by atoms with Gasteiger partial charge in [0.15, 0.2) is 6.10 Å². The van der Waals surface area contributed by atoms with E-state index in [9.17, 15) is 44.6 Å². The molecule has 0 radical (unpaired) electrons. The highest BCUT2D eigenvalue weighted by Gasteiger charge is 2.51. The molecule has 1 aliphatic rings. The molecule has 0 saturated heterocycles. The van der Waals surface area contributed by atoms with Crippen molar-refractivity contribution >= 4 is 19.8 Å². The van der Waals surface area contributed by atoms with Crippen LogP contribution in [-0.2, 0) is 32.7 Å². The van der Waals surface area contributed by atoms with Gasteiger partial charge in [-0.3, -0.25) is 18.6 Å². The number of hydrogen-bond donors (Lipinski definition) is 6. The van der Waals surface area contributed by atoms with E-state index in [1.165, 1.54) is 25.7 Å². The van der Waals surface area contributed by atoms with Crippen molar-refractivity contribution in [3.63, 3.8) is 0 Å². The summed E-state index contributed by atoms with van der Waals surface area (Å²) < 4.78 is 33.4. The van der Waals surface area contributed by atoms with Crippen molar-refractivity contribution in [3.8, 4) is 0 Å². The van der Waals surface area contributed by atoms with Gasteiger partial charge in [0.2, 0.25) is 0 Å². The summed E-state index contributed by atoms with van der Waals surface area (Å²) in [5.41, 5.74) is 0. The minimum absolute atomic E-state index is 0.0556. The Morgan fingerprint density at radius 1 is 0.552 bits per heavy atom. The van der Waals surface area contributed by atoms with E-state index in [-0.39, 0.29) is 12.8 Å². The van der Waals surface area contributed by atoms with Crippen LogP contribution in [0.5, 0.6) is 0 Å². The summed E-state index contributed by atoms with van der Waals surface area (Å²) in [6.07, 6.45) is 27.1. The first-order valence-electron chi connectivity index (χ1n) is 21.6. The molecule has 1 saturated carbocycles. The minimum atomic E-state index is -5.13. The Hall–Kier alpha value is -2.45. The third kappa shape index (κ3) is 26.6. The quantitative estimate of drug-likeness (QED) is 0.0159. The fraction of sp³-hybridized carbons (Fsp3) is 0.727. The van der Waals surface area contributed by atoms with Crippen LogP contribution < -0.4 is 0 Å². The van der Waals surface area contributed by atoms with E-state index in [1.807, 2.05) is 0 Å². The topological polar surface area (TPSA) is 210 Å². The predicted molar refractivity (Wildman–Crippen MR) is 226 cm³/mol. The molecule has 1 fully saturated rings. The lowest BCUT2D eigenvalue weighted by Gasteiger charge is -2.41. The number of carbonyl (C=O) groups excluding carboxylic acids is 2. The number of rotatable bonds is 34. The largest absolute Gasteiger partial charge is 0.472 e. The van der Waals surface area contributed by atoms with Gasteiger partial charge in [-0.15, -0.1) is 0 Å². The summed E-state index contributed by atoms with van der Waals surface area (Å²) in [5.74, 6) is -1.16. The molecule has 0 heterocycles. The Morgan fingerprint density at radius 3 is 1.52 bits per heavy atom. The predicted octanol–water partition coefficient (Wildman–Crippen LogP) is 7.77. The smallest absolute Gasteiger partial charge is 0.462 e. The molecule has 0 spiro atoms. The van der Waals surface area contributed by atoms with Crippen molar-refractivity contribution in [1.82, 2.24) is 0 Å². The molecule has 0 aromatic carbocycles. The molecule has 13 nitrogen and oxygen atoms in total. The van der Waals surface area contributed by atoms with Crippen LogP contribution in [0.4, 0.5) is 0 Å². The molecular formula is C44H75O13P. The highest BCUT2D eigenvalue weighted by Crippen LogP contribution is 2.47. The van der Waals surface area contributed by atoms with E-state index >= 15 is 0 Å². The molecule has 1 aliphatic carbocycles. The Kier molecular flexibility index (Phi) is 31.7. The molecule has 0 aromatic rings. The number of carbonyl (C=O) groups is 2. The second kappa shape index (κ2) is 34.3.